The van der Waals surface area contributed by atoms with Crippen molar-refractivity contribution in [2.45, 2.75) is 6.54 Å². The molecule has 0 spiro atoms. The van der Waals surface area contributed by atoms with Crippen LogP contribution in [0.3, 0.4) is 0 Å². The number of hydrogen-bond donors (Lipinski definition) is 1. The number of carbonyl (C=O) groups is 1. The van der Waals surface area contributed by atoms with E-state index in [1.807, 2.05) is 48.5 Å². The average Bonchev–Trinajstić information content (AvgIpc) is 2.75. The Morgan fingerprint density at radius 3 is 2.52 bits per heavy atom. The fourth-order valence-corrected chi connectivity index (χ4v) is 3.30. The van der Waals surface area contributed by atoms with E-state index in [1.165, 1.54) is 10.7 Å². The van der Waals surface area contributed by atoms with Crippen LogP contribution < -0.4 is 10.9 Å². The van der Waals surface area contributed by atoms with Gasteiger partial charge in [-0.15, -0.1) is 0 Å². The molecule has 1 N–H and O–H groups in total. The number of carbonyl (C=O) groups excluding carboxylic acids is 1. The van der Waals surface area contributed by atoms with Gasteiger partial charge in [0.1, 0.15) is 0 Å². The Bertz CT molecular complexity index is 1230. The minimum absolute atomic E-state index is 0.177. The number of amides is 1. The van der Waals surface area contributed by atoms with E-state index < -0.39 is 0 Å². The molecule has 0 fully saturated rings. The molecule has 0 atom stereocenters. The molecule has 0 bridgehead atoms. The van der Waals surface area contributed by atoms with Gasteiger partial charge in [-0.1, -0.05) is 60.1 Å². The Kier molecular flexibility index (Phi) is 5.40. The van der Waals surface area contributed by atoms with E-state index in [2.05, 4.69) is 10.4 Å². The van der Waals surface area contributed by atoms with E-state index in [4.69, 9.17) is 11.6 Å². The Balaban J connectivity index is 1.48. The topological polar surface area (TPSA) is 64.0 Å². The van der Waals surface area contributed by atoms with Gasteiger partial charge < -0.3 is 5.32 Å². The zero-order chi connectivity index (χ0) is 20.2. The molecule has 0 saturated heterocycles. The molecular formula is C23H18ClN3O2. The van der Waals surface area contributed by atoms with Crippen molar-refractivity contribution in [1.82, 2.24) is 15.1 Å². The first-order chi connectivity index (χ1) is 14.1. The molecule has 3 aromatic carbocycles. The fourth-order valence-electron chi connectivity index (χ4n) is 3.18. The summed E-state index contributed by atoms with van der Waals surface area (Å²) in [6, 6.07) is 23.8. The van der Waals surface area contributed by atoms with Gasteiger partial charge in [0, 0.05) is 28.8 Å². The van der Waals surface area contributed by atoms with Crippen LogP contribution in [0.1, 0.15) is 10.4 Å². The Hall–Kier alpha value is -3.44. The van der Waals surface area contributed by atoms with Gasteiger partial charge in [-0.3, -0.25) is 9.59 Å². The van der Waals surface area contributed by atoms with E-state index in [0.29, 0.717) is 22.8 Å². The van der Waals surface area contributed by atoms with Gasteiger partial charge in [0.2, 0.25) is 0 Å². The van der Waals surface area contributed by atoms with Crippen LogP contribution in [0.15, 0.2) is 83.7 Å². The maximum atomic E-state index is 12.6. The summed E-state index contributed by atoms with van der Waals surface area (Å²) >= 11 is 5.92. The predicted octanol–water partition coefficient (Wildman–Crippen LogP) is 4.15. The number of hydrogen-bond acceptors (Lipinski definition) is 3. The molecule has 1 heterocycles. The van der Waals surface area contributed by atoms with Crippen molar-refractivity contribution >= 4 is 28.3 Å². The quantitative estimate of drug-likeness (QED) is 0.544. The summed E-state index contributed by atoms with van der Waals surface area (Å²) in [5.74, 6) is -0.177. The summed E-state index contributed by atoms with van der Waals surface area (Å²) in [6.45, 7) is 0.565. The number of nitrogens with zero attached hydrogens (tertiary/aromatic N) is 2. The van der Waals surface area contributed by atoms with Crippen molar-refractivity contribution in [3.05, 3.63) is 99.8 Å². The summed E-state index contributed by atoms with van der Waals surface area (Å²) in [5, 5.41) is 9.82. The summed E-state index contributed by atoms with van der Waals surface area (Å²) in [4.78, 5) is 24.8. The fraction of sp³-hybridized carbons (Fsp3) is 0.0870. The van der Waals surface area contributed by atoms with Crippen LogP contribution in [0.25, 0.3) is 22.0 Å². The van der Waals surface area contributed by atoms with Gasteiger partial charge in [-0.25, -0.2) is 4.68 Å². The van der Waals surface area contributed by atoms with Gasteiger partial charge in [0.15, 0.2) is 0 Å². The zero-order valence-corrected chi connectivity index (χ0v) is 16.3. The number of halogens is 1. The second-order valence-electron chi connectivity index (χ2n) is 6.57. The molecular weight excluding hydrogens is 386 g/mol. The number of nitrogens with one attached hydrogen (secondary N) is 1. The highest BCUT2D eigenvalue weighted by Gasteiger charge is 2.10. The van der Waals surface area contributed by atoms with E-state index in [9.17, 15) is 9.59 Å². The minimum atomic E-state index is -0.220. The van der Waals surface area contributed by atoms with Crippen molar-refractivity contribution in [1.29, 1.82) is 0 Å². The minimum Gasteiger partial charge on any atom is -0.350 e. The molecule has 0 aliphatic heterocycles. The smallest absolute Gasteiger partial charge is 0.266 e. The SMILES string of the molecule is O=C(NCCn1nc(-c2ccc(Cl)cc2)ccc1=O)c1cccc2ccccc12. The molecule has 0 aliphatic rings. The maximum Gasteiger partial charge on any atom is 0.266 e. The third-order valence-corrected chi connectivity index (χ3v) is 4.90. The molecule has 4 rings (SSSR count). The molecule has 1 aromatic heterocycles. The highest BCUT2D eigenvalue weighted by molar-refractivity contribution is 6.30. The van der Waals surface area contributed by atoms with Crippen LogP contribution in [0.2, 0.25) is 5.02 Å². The van der Waals surface area contributed by atoms with Crippen LogP contribution in [0.4, 0.5) is 0 Å². The average molecular weight is 404 g/mol. The van der Waals surface area contributed by atoms with Crippen molar-refractivity contribution < 1.29 is 4.79 Å². The molecule has 1 amide bonds. The van der Waals surface area contributed by atoms with Crippen LogP contribution in [0, 0.1) is 0 Å². The maximum absolute atomic E-state index is 12.6. The monoisotopic (exact) mass is 403 g/mol. The first-order valence-electron chi connectivity index (χ1n) is 9.22. The van der Waals surface area contributed by atoms with Gasteiger partial charge in [-0.05, 0) is 35.0 Å². The molecule has 29 heavy (non-hydrogen) atoms. The highest BCUT2D eigenvalue weighted by atomic mass is 35.5. The van der Waals surface area contributed by atoms with E-state index in [1.54, 1.807) is 24.3 Å². The summed E-state index contributed by atoms with van der Waals surface area (Å²) in [6.07, 6.45) is 0. The van der Waals surface area contributed by atoms with Crippen LogP contribution in [-0.4, -0.2) is 22.2 Å². The third-order valence-electron chi connectivity index (χ3n) is 4.65. The summed E-state index contributed by atoms with van der Waals surface area (Å²) < 4.78 is 1.35. The molecule has 0 aliphatic carbocycles. The van der Waals surface area contributed by atoms with E-state index in [0.717, 1.165) is 16.3 Å². The van der Waals surface area contributed by atoms with Gasteiger partial charge >= 0.3 is 0 Å². The largest absolute Gasteiger partial charge is 0.350 e. The van der Waals surface area contributed by atoms with Crippen LogP contribution in [0.5, 0.6) is 0 Å². The van der Waals surface area contributed by atoms with Crippen LogP contribution in [-0.2, 0) is 6.54 Å². The lowest BCUT2D eigenvalue weighted by Gasteiger charge is -2.10. The van der Waals surface area contributed by atoms with E-state index in [-0.39, 0.29) is 18.0 Å². The van der Waals surface area contributed by atoms with Crippen molar-refractivity contribution in [3.63, 3.8) is 0 Å². The van der Waals surface area contributed by atoms with Gasteiger partial charge in [0.25, 0.3) is 11.5 Å². The van der Waals surface area contributed by atoms with Crippen LogP contribution >= 0.6 is 11.6 Å². The lowest BCUT2D eigenvalue weighted by atomic mass is 10.0. The number of aromatic nitrogens is 2. The molecule has 5 nitrogen and oxygen atoms in total. The predicted molar refractivity (Wildman–Crippen MR) is 115 cm³/mol. The molecule has 0 saturated carbocycles. The number of fused-ring (bicyclic) bond motifs is 1. The number of benzene rings is 3. The van der Waals surface area contributed by atoms with Crippen molar-refractivity contribution in [2.75, 3.05) is 6.54 Å². The van der Waals surface area contributed by atoms with Gasteiger partial charge in [-0.2, -0.15) is 5.10 Å². The van der Waals surface area contributed by atoms with Crippen molar-refractivity contribution in [3.8, 4) is 11.3 Å². The first-order valence-corrected chi connectivity index (χ1v) is 9.60. The zero-order valence-electron chi connectivity index (χ0n) is 15.5. The molecule has 0 unspecified atom stereocenters. The number of rotatable bonds is 5. The highest BCUT2D eigenvalue weighted by Crippen LogP contribution is 2.19. The standard InChI is InChI=1S/C23H18ClN3O2/c24-18-10-8-17(9-11-18)21-12-13-22(28)27(26-21)15-14-25-23(29)20-7-3-5-16-4-1-2-6-19(16)20/h1-13H,14-15H2,(H,25,29). The second kappa shape index (κ2) is 8.29. The Morgan fingerprint density at radius 1 is 0.931 bits per heavy atom. The summed E-state index contributed by atoms with van der Waals surface area (Å²) in [5.41, 5.74) is 1.92. The Morgan fingerprint density at radius 2 is 1.69 bits per heavy atom. The van der Waals surface area contributed by atoms with E-state index >= 15 is 0 Å². The molecule has 6 heteroatoms. The second-order valence-corrected chi connectivity index (χ2v) is 7.01. The third kappa shape index (κ3) is 4.20. The molecule has 144 valence electrons. The summed E-state index contributed by atoms with van der Waals surface area (Å²) in [7, 11) is 0. The van der Waals surface area contributed by atoms with Gasteiger partial charge in [0.05, 0.1) is 12.2 Å². The lowest BCUT2D eigenvalue weighted by Crippen LogP contribution is -2.32. The Labute approximate surface area is 172 Å². The first kappa shape index (κ1) is 18.9. The normalized spacial score (nSPS) is 10.8. The molecule has 4 aromatic rings. The lowest BCUT2D eigenvalue weighted by molar-refractivity contribution is 0.0953. The molecule has 0 radical (unpaired) electrons. The van der Waals surface area contributed by atoms with Crippen molar-refractivity contribution in [2.24, 2.45) is 0 Å².